The van der Waals surface area contributed by atoms with Crippen LogP contribution < -0.4 is 26.3 Å². The SMILES string of the molecule is CCOc1cc(C=NN=C(N)N)ccc1OCC(=O)Nc1cccc(C(F)(F)F)c1. The Morgan fingerprint density at radius 2 is 1.90 bits per heavy atom. The minimum Gasteiger partial charge on any atom is -0.490 e. The van der Waals surface area contributed by atoms with Crippen LogP contribution in [0.4, 0.5) is 18.9 Å². The van der Waals surface area contributed by atoms with Crippen LogP contribution in [0, 0.1) is 0 Å². The lowest BCUT2D eigenvalue weighted by atomic mass is 10.2. The molecular weight excluding hydrogens is 403 g/mol. The molecule has 0 fully saturated rings. The van der Waals surface area contributed by atoms with Crippen molar-refractivity contribution in [1.82, 2.24) is 0 Å². The second kappa shape index (κ2) is 10.1. The number of amides is 1. The van der Waals surface area contributed by atoms with Gasteiger partial charge < -0.3 is 26.3 Å². The van der Waals surface area contributed by atoms with E-state index in [0.29, 0.717) is 17.9 Å². The third-order valence-electron chi connectivity index (χ3n) is 3.48. The lowest BCUT2D eigenvalue weighted by Crippen LogP contribution is -2.21. The fraction of sp³-hybridized carbons (Fsp3) is 0.211. The highest BCUT2D eigenvalue weighted by atomic mass is 19.4. The predicted octanol–water partition coefficient (Wildman–Crippen LogP) is 2.73. The second-order valence-corrected chi connectivity index (χ2v) is 5.82. The zero-order valence-electron chi connectivity index (χ0n) is 15.9. The Bertz CT molecular complexity index is 941. The van der Waals surface area contributed by atoms with E-state index in [1.807, 2.05) is 0 Å². The minimum atomic E-state index is -4.50. The Labute approximate surface area is 170 Å². The van der Waals surface area contributed by atoms with Crippen LogP contribution in [0.15, 0.2) is 52.7 Å². The van der Waals surface area contributed by atoms with Gasteiger partial charge in [-0.3, -0.25) is 4.79 Å². The van der Waals surface area contributed by atoms with E-state index < -0.39 is 24.3 Å². The molecule has 160 valence electrons. The van der Waals surface area contributed by atoms with Crippen molar-refractivity contribution in [3.8, 4) is 11.5 Å². The number of ether oxygens (including phenoxy) is 2. The summed E-state index contributed by atoms with van der Waals surface area (Å²) in [6.45, 7) is 1.67. The fourth-order valence-electron chi connectivity index (χ4n) is 2.27. The maximum Gasteiger partial charge on any atom is 0.416 e. The maximum absolute atomic E-state index is 12.8. The summed E-state index contributed by atoms with van der Waals surface area (Å²) in [5, 5.41) is 9.54. The average Bonchev–Trinajstić information content (AvgIpc) is 2.67. The number of alkyl halides is 3. The Kier molecular flexibility index (Phi) is 7.62. The number of guanidine groups is 1. The van der Waals surface area contributed by atoms with E-state index in [-0.39, 0.29) is 17.4 Å². The number of anilines is 1. The number of hydrogen-bond donors (Lipinski definition) is 3. The lowest BCUT2D eigenvalue weighted by Gasteiger charge is -2.13. The fourth-order valence-corrected chi connectivity index (χ4v) is 2.27. The number of carbonyl (C=O) groups is 1. The first-order chi connectivity index (χ1) is 14.2. The molecule has 0 saturated heterocycles. The average molecular weight is 423 g/mol. The summed E-state index contributed by atoms with van der Waals surface area (Å²) in [5.74, 6) is -0.203. The Balaban J connectivity index is 2.04. The molecule has 0 atom stereocenters. The van der Waals surface area contributed by atoms with Crippen LogP contribution in [-0.2, 0) is 11.0 Å². The van der Waals surface area contributed by atoms with Crippen molar-refractivity contribution in [2.45, 2.75) is 13.1 Å². The van der Waals surface area contributed by atoms with E-state index in [1.165, 1.54) is 18.3 Å². The molecule has 0 radical (unpaired) electrons. The van der Waals surface area contributed by atoms with E-state index in [1.54, 1.807) is 25.1 Å². The predicted molar refractivity (Wildman–Crippen MR) is 107 cm³/mol. The van der Waals surface area contributed by atoms with Gasteiger partial charge in [-0.05, 0) is 48.9 Å². The van der Waals surface area contributed by atoms with Gasteiger partial charge in [-0.2, -0.15) is 18.3 Å². The quantitative estimate of drug-likeness (QED) is 0.342. The zero-order chi connectivity index (χ0) is 22.1. The molecule has 1 amide bonds. The largest absolute Gasteiger partial charge is 0.490 e. The summed E-state index contributed by atoms with van der Waals surface area (Å²) in [7, 11) is 0. The van der Waals surface area contributed by atoms with Crippen molar-refractivity contribution in [3.05, 3.63) is 53.6 Å². The van der Waals surface area contributed by atoms with Crippen molar-refractivity contribution in [2.24, 2.45) is 21.7 Å². The van der Waals surface area contributed by atoms with Gasteiger partial charge in [0.1, 0.15) is 0 Å². The summed E-state index contributed by atoms with van der Waals surface area (Å²) >= 11 is 0. The van der Waals surface area contributed by atoms with E-state index in [4.69, 9.17) is 20.9 Å². The van der Waals surface area contributed by atoms with Crippen LogP contribution in [0.25, 0.3) is 0 Å². The van der Waals surface area contributed by atoms with Crippen molar-refractivity contribution in [2.75, 3.05) is 18.5 Å². The minimum absolute atomic E-state index is 0.00903. The number of rotatable bonds is 8. The molecule has 0 aliphatic rings. The highest BCUT2D eigenvalue weighted by molar-refractivity contribution is 5.92. The van der Waals surface area contributed by atoms with E-state index in [9.17, 15) is 18.0 Å². The van der Waals surface area contributed by atoms with Crippen molar-refractivity contribution in [3.63, 3.8) is 0 Å². The molecule has 2 aromatic carbocycles. The molecule has 11 heteroatoms. The van der Waals surface area contributed by atoms with Crippen LogP contribution in [0.3, 0.4) is 0 Å². The highest BCUT2D eigenvalue weighted by Gasteiger charge is 2.30. The summed E-state index contributed by atoms with van der Waals surface area (Å²) < 4.78 is 49.2. The summed E-state index contributed by atoms with van der Waals surface area (Å²) in [6.07, 6.45) is -3.11. The number of nitrogens with two attached hydrogens (primary N) is 2. The molecule has 30 heavy (non-hydrogen) atoms. The first kappa shape index (κ1) is 22.5. The molecule has 0 unspecified atom stereocenters. The highest BCUT2D eigenvalue weighted by Crippen LogP contribution is 2.31. The zero-order valence-corrected chi connectivity index (χ0v) is 15.9. The monoisotopic (exact) mass is 423 g/mol. The molecule has 2 rings (SSSR count). The lowest BCUT2D eigenvalue weighted by molar-refractivity contribution is -0.137. The van der Waals surface area contributed by atoms with Crippen LogP contribution in [0.5, 0.6) is 11.5 Å². The Morgan fingerprint density at radius 3 is 2.57 bits per heavy atom. The second-order valence-electron chi connectivity index (χ2n) is 5.82. The summed E-state index contributed by atoms with van der Waals surface area (Å²) in [4.78, 5) is 12.1. The van der Waals surface area contributed by atoms with Gasteiger partial charge in [-0.25, -0.2) is 0 Å². The molecule has 0 saturated carbocycles. The molecule has 0 aliphatic carbocycles. The number of carbonyl (C=O) groups excluding carboxylic acids is 1. The van der Waals surface area contributed by atoms with Gasteiger partial charge in [0.25, 0.3) is 5.91 Å². The van der Waals surface area contributed by atoms with Gasteiger partial charge >= 0.3 is 6.18 Å². The van der Waals surface area contributed by atoms with Gasteiger partial charge in [0.05, 0.1) is 18.4 Å². The van der Waals surface area contributed by atoms with Crippen LogP contribution in [-0.4, -0.2) is 31.3 Å². The number of nitrogens with zero attached hydrogens (tertiary/aromatic N) is 2. The van der Waals surface area contributed by atoms with Crippen molar-refractivity contribution < 1.29 is 27.4 Å². The van der Waals surface area contributed by atoms with Crippen LogP contribution in [0.2, 0.25) is 0 Å². The number of hydrogen-bond acceptors (Lipinski definition) is 5. The van der Waals surface area contributed by atoms with Crippen molar-refractivity contribution >= 4 is 23.8 Å². The van der Waals surface area contributed by atoms with Gasteiger partial charge in [0, 0.05) is 5.69 Å². The number of benzene rings is 2. The molecule has 0 aromatic heterocycles. The number of nitrogens with one attached hydrogen (secondary N) is 1. The molecule has 0 heterocycles. The number of halogens is 3. The smallest absolute Gasteiger partial charge is 0.416 e. The molecule has 5 N–H and O–H groups in total. The molecule has 2 aromatic rings. The summed E-state index contributed by atoms with van der Waals surface area (Å²) in [5.41, 5.74) is 10.1. The van der Waals surface area contributed by atoms with E-state index >= 15 is 0 Å². The van der Waals surface area contributed by atoms with Gasteiger partial charge in [-0.15, -0.1) is 5.10 Å². The molecule has 0 bridgehead atoms. The first-order valence-corrected chi connectivity index (χ1v) is 8.67. The maximum atomic E-state index is 12.8. The van der Waals surface area contributed by atoms with Crippen LogP contribution in [0.1, 0.15) is 18.1 Å². The topological polar surface area (TPSA) is 124 Å². The molecular formula is C19H20F3N5O3. The first-order valence-electron chi connectivity index (χ1n) is 8.67. The van der Waals surface area contributed by atoms with Gasteiger partial charge in [-0.1, -0.05) is 6.07 Å². The summed E-state index contributed by atoms with van der Waals surface area (Å²) in [6, 6.07) is 9.11. The van der Waals surface area contributed by atoms with Crippen LogP contribution >= 0.6 is 0 Å². The van der Waals surface area contributed by atoms with Crippen molar-refractivity contribution in [1.29, 1.82) is 0 Å². The Morgan fingerprint density at radius 1 is 1.13 bits per heavy atom. The standard InChI is InChI=1S/C19H20F3N5O3/c1-2-29-16-8-12(10-25-27-18(23)24)6-7-15(16)30-11-17(28)26-14-5-3-4-13(9-14)19(20,21)22/h3-10H,2,11H2,1H3,(H,26,28)(H4,23,24,27). The third-order valence-corrected chi connectivity index (χ3v) is 3.48. The van der Waals surface area contributed by atoms with E-state index in [0.717, 1.165) is 12.1 Å². The van der Waals surface area contributed by atoms with Gasteiger partial charge in [0.15, 0.2) is 18.1 Å². The van der Waals surface area contributed by atoms with E-state index in [2.05, 4.69) is 15.5 Å². The van der Waals surface area contributed by atoms with Gasteiger partial charge in [0.2, 0.25) is 5.96 Å². The molecule has 8 nitrogen and oxygen atoms in total. The molecule has 0 aliphatic heterocycles. The third kappa shape index (κ3) is 7.00. The normalized spacial score (nSPS) is 11.2. The Hall–Kier alpha value is -3.76. The molecule has 0 spiro atoms.